The van der Waals surface area contributed by atoms with E-state index in [-0.39, 0.29) is 0 Å². The van der Waals surface area contributed by atoms with E-state index in [1.54, 1.807) is 0 Å². The maximum Gasteiger partial charge on any atom is 0.389 e. The average molecular weight is 192 g/mol. The van der Waals surface area contributed by atoms with Gasteiger partial charge in [0.05, 0.1) is 0 Å². The van der Waals surface area contributed by atoms with Crippen molar-refractivity contribution in [3.63, 3.8) is 0 Å². The van der Waals surface area contributed by atoms with Gasteiger partial charge in [-0.05, 0) is 6.42 Å². The number of aliphatic hydroxyl groups is 1. The summed E-state index contributed by atoms with van der Waals surface area (Å²) in [5.41, 5.74) is -1.88. The summed E-state index contributed by atoms with van der Waals surface area (Å²) in [4.78, 5) is 0. The van der Waals surface area contributed by atoms with Crippen LogP contribution in [0.2, 0.25) is 0 Å². The molecule has 1 atom stereocenters. The van der Waals surface area contributed by atoms with Gasteiger partial charge in [-0.2, -0.15) is 13.2 Å². The molecule has 0 rings (SSSR count). The summed E-state index contributed by atoms with van der Waals surface area (Å²) < 4.78 is 53.8. The van der Waals surface area contributed by atoms with E-state index in [4.69, 9.17) is 5.11 Å². The molecule has 0 saturated heterocycles. The van der Waals surface area contributed by atoms with Crippen molar-refractivity contribution < 1.29 is 26.7 Å². The first-order valence-corrected chi connectivity index (χ1v) is 3.96. The summed E-state index contributed by atoms with van der Waals surface area (Å²) in [6.45, 7) is 0. The molecule has 0 fully saturated rings. The lowest BCUT2D eigenvalue weighted by molar-refractivity contribution is -0.137. The molecule has 0 aliphatic carbocycles. The SMILES string of the molecule is O=[SH](=O)C(O)CCC(F)(F)F. The smallest absolute Gasteiger partial charge is 0.377 e. The van der Waals surface area contributed by atoms with Crippen molar-refractivity contribution in [1.29, 1.82) is 0 Å². The second-order valence-electron chi connectivity index (χ2n) is 1.92. The minimum absolute atomic E-state index is 0.789. The van der Waals surface area contributed by atoms with Crippen molar-refractivity contribution in [2.45, 2.75) is 24.5 Å². The maximum absolute atomic E-state index is 11.4. The molecule has 0 aliphatic rings. The van der Waals surface area contributed by atoms with E-state index in [9.17, 15) is 21.6 Å². The van der Waals surface area contributed by atoms with Crippen molar-refractivity contribution in [3.8, 4) is 0 Å². The van der Waals surface area contributed by atoms with Crippen LogP contribution in [-0.2, 0) is 10.7 Å². The van der Waals surface area contributed by atoms with Gasteiger partial charge in [0.1, 0.15) is 0 Å². The van der Waals surface area contributed by atoms with Gasteiger partial charge in [0.25, 0.3) is 0 Å². The number of aliphatic hydroxyl groups excluding tert-OH is 1. The van der Waals surface area contributed by atoms with E-state index in [1.165, 1.54) is 0 Å². The Morgan fingerprint density at radius 2 is 1.82 bits per heavy atom. The third kappa shape index (κ3) is 6.11. The first kappa shape index (κ1) is 10.7. The van der Waals surface area contributed by atoms with Gasteiger partial charge in [0.15, 0.2) is 16.1 Å². The van der Waals surface area contributed by atoms with E-state index in [2.05, 4.69) is 0 Å². The molecular weight excluding hydrogens is 185 g/mol. The molecule has 1 unspecified atom stereocenters. The van der Waals surface area contributed by atoms with Gasteiger partial charge >= 0.3 is 6.18 Å². The van der Waals surface area contributed by atoms with Crippen LogP contribution in [0.1, 0.15) is 12.8 Å². The quantitative estimate of drug-likeness (QED) is 0.630. The molecular formula is C4H7F3O3S. The summed E-state index contributed by atoms with van der Waals surface area (Å²) in [5, 5.41) is 8.39. The van der Waals surface area contributed by atoms with Gasteiger partial charge in [-0.3, -0.25) is 0 Å². The van der Waals surface area contributed by atoms with Gasteiger partial charge in [-0.1, -0.05) is 0 Å². The third-order valence-corrected chi connectivity index (χ3v) is 1.67. The number of hydrogen-bond donors (Lipinski definition) is 2. The van der Waals surface area contributed by atoms with Crippen LogP contribution in [0.4, 0.5) is 13.2 Å². The molecule has 0 spiro atoms. The third-order valence-electron chi connectivity index (χ3n) is 0.929. The summed E-state index contributed by atoms with van der Waals surface area (Å²) in [6, 6.07) is 0. The largest absolute Gasteiger partial charge is 0.389 e. The normalized spacial score (nSPS) is 15.4. The molecule has 0 aliphatic heterocycles. The highest BCUT2D eigenvalue weighted by Gasteiger charge is 2.28. The number of alkyl halides is 3. The first-order valence-electron chi connectivity index (χ1n) is 2.71. The van der Waals surface area contributed by atoms with Crippen LogP contribution in [0, 0.1) is 0 Å². The van der Waals surface area contributed by atoms with E-state index >= 15 is 0 Å². The Kier molecular flexibility index (Phi) is 3.81. The minimum Gasteiger partial charge on any atom is -0.377 e. The Morgan fingerprint density at radius 1 is 1.36 bits per heavy atom. The zero-order valence-electron chi connectivity index (χ0n) is 5.34. The molecule has 0 aromatic carbocycles. The predicted octanol–water partition coefficient (Wildman–Crippen LogP) is 0.259. The van der Waals surface area contributed by atoms with Crippen LogP contribution in [0.25, 0.3) is 0 Å². The Bertz CT molecular complexity index is 178. The Morgan fingerprint density at radius 3 is 2.09 bits per heavy atom. The molecule has 11 heavy (non-hydrogen) atoms. The summed E-state index contributed by atoms with van der Waals surface area (Å²) in [5.74, 6) is 0. The lowest BCUT2D eigenvalue weighted by Crippen LogP contribution is -2.15. The lowest BCUT2D eigenvalue weighted by atomic mass is 10.3. The fourth-order valence-electron chi connectivity index (χ4n) is 0.398. The Balaban J connectivity index is 3.72. The Hall–Kier alpha value is -0.300. The van der Waals surface area contributed by atoms with Crippen molar-refractivity contribution in [3.05, 3.63) is 0 Å². The maximum atomic E-state index is 11.4. The first-order chi connectivity index (χ1) is 4.83. The Labute approximate surface area is 62.8 Å². The summed E-state index contributed by atoms with van der Waals surface area (Å²) in [6.07, 6.45) is -6.48. The molecule has 0 amide bonds. The molecule has 1 N–H and O–H groups in total. The van der Waals surface area contributed by atoms with Gasteiger partial charge in [0.2, 0.25) is 0 Å². The zero-order valence-corrected chi connectivity index (χ0v) is 6.23. The zero-order chi connectivity index (χ0) is 9.07. The molecule has 0 saturated carbocycles. The number of thiol groups is 1. The molecule has 0 bridgehead atoms. The van der Waals surface area contributed by atoms with Crippen LogP contribution >= 0.6 is 0 Å². The summed E-state index contributed by atoms with van der Waals surface area (Å²) >= 11 is 0. The number of rotatable bonds is 3. The van der Waals surface area contributed by atoms with Crippen LogP contribution in [0.5, 0.6) is 0 Å². The highest BCUT2D eigenvalue weighted by Crippen LogP contribution is 2.22. The average Bonchev–Trinajstić information content (AvgIpc) is 1.80. The van der Waals surface area contributed by atoms with Crippen LogP contribution < -0.4 is 0 Å². The lowest BCUT2D eigenvalue weighted by Gasteiger charge is -2.06. The molecule has 0 radical (unpaired) electrons. The van der Waals surface area contributed by atoms with Crippen LogP contribution in [0.3, 0.4) is 0 Å². The summed E-state index contributed by atoms with van der Waals surface area (Å²) in [7, 11) is -3.16. The van der Waals surface area contributed by atoms with E-state index in [1.807, 2.05) is 0 Å². The van der Waals surface area contributed by atoms with Gasteiger partial charge in [0, 0.05) is 6.42 Å². The van der Waals surface area contributed by atoms with E-state index in [0.717, 1.165) is 0 Å². The molecule has 3 nitrogen and oxygen atoms in total. The van der Waals surface area contributed by atoms with E-state index in [0.29, 0.717) is 0 Å². The predicted molar refractivity (Wildman–Crippen MR) is 31.6 cm³/mol. The highest BCUT2D eigenvalue weighted by atomic mass is 32.2. The molecule has 7 heteroatoms. The second-order valence-corrected chi connectivity index (χ2v) is 3.09. The fraction of sp³-hybridized carbons (Fsp3) is 1.00. The van der Waals surface area contributed by atoms with Gasteiger partial charge in [-0.25, -0.2) is 8.42 Å². The second kappa shape index (κ2) is 3.91. The molecule has 0 heterocycles. The molecule has 0 aromatic heterocycles. The van der Waals surface area contributed by atoms with Crippen LogP contribution in [-0.4, -0.2) is 25.1 Å². The standard InChI is InChI=1S/C4H7F3O3S/c5-4(6,7)2-1-3(8)11(9)10/h3,8,11H,1-2H2. The van der Waals surface area contributed by atoms with Crippen LogP contribution in [0.15, 0.2) is 0 Å². The number of halogens is 3. The van der Waals surface area contributed by atoms with Crippen molar-refractivity contribution >= 4 is 10.7 Å². The highest BCUT2D eigenvalue weighted by molar-refractivity contribution is 7.72. The van der Waals surface area contributed by atoms with Gasteiger partial charge in [-0.15, -0.1) is 0 Å². The van der Waals surface area contributed by atoms with Crippen molar-refractivity contribution in [2.75, 3.05) is 0 Å². The molecule has 68 valence electrons. The minimum atomic E-state index is -4.41. The number of hydrogen-bond acceptors (Lipinski definition) is 3. The monoisotopic (exact) mass is 192 g/mol. The van der Waals surface area contributed by atoms with Gasteiger partial charge < -0.3 is 5.11 Å². The van der Waals surface area contributed by atoms with E-state index < -0.39 is 35.2 Å². The van der Waals surface area contributed by atoms with Crippen molar-refractivity contribution in [2.24, 2.45) is 0 Å². The fourth-order valence-corrected chi connectivity index (χ4v) is 0.738. The topological polar surface area (TPSA) is 54.4 Å². The molecule has 0 aromatic rings. The van der Waals surface area contributed by atoms with Crippen molar-refractivity contribution in [1.82, 2.24) is 0 Å².